The lowest BCUT2D eigenvalue weighted by molar-refractivity contribution is -0.137. The van der Waals surface area contributed by atoms with E-state index in [0.717, 1.165) is 33.4 Å². The van der Waals surface area contributed by atoms with Gasteiger partial charge < -0.3 is 15.2 Å². The lowest BCUT2D eigenvalue weighted by Crippen LogP contribution is -2.31. The molecule has 2 N–H and O–H groups in total. The Morgan fingerprint density at radius 3 is 2.11 bits per heavy atom. The molecule has 5 heteroatoms. The van der Waals surface area contributed by atoms with Crippen LogP contribution in [-0.4, -0.2) is 23.8 Å². The summed E-state index contributed by atoms with van der Waals surface area (Å²) in [6.45, 7) is 2.35. The summed E-state index contributed by atoms with van der Waals surface area (Å²) in [5, 5.41) is 12.2. The van der Waals surface area contributed by atoms with Gasteiger partial charge in [0.15, 0.2) is 0 Å². The van der Waals surface area contributed by atoms with E-state index >= 15 is 0 Å². The Bertz CT molecular complexity index is 1280. The fraction of sp³-hybridized carbons (Fsp3) is 0.226. The van der Waals surface area contributed by atoms with E-state index in [1.807, 2.05) is 54.6 Å². The molecule has 0 aromatic heterocycles. The molecule has 1 amide bonds. The third kappa shape index (κ3) is 4.82. The molecule has 5 rings (SSSR count). The van der Waals surface area contributed by atoms with Crippen molar-refractivity contribution in [3.05, 3.63) is 119 Å². The minimum absolute atomic E-state index is 0.0556. The summed E-state index contributed by atoms with van der Waals surface area (Å²) in [7, 11) is 0. The first kappa shape index (κ1) is 23.6. The standard InChI is InChI=1S/C31H29NO4/c1-20-8-2-3-9-23(20)21-14-16-22(17-15-21)29(18-30(33)34)32-31(35)36-19-28-26-12-6-4-10-24(26)25-11-5-7-13-27(25)28/h2-17,20,23,28-29H,18-19H2,1H3,(H,32,35)(H,33,34). The molecule has 2 aliphatic carbocycles. The number of rotatable bonds is 7. The molecule has 36 heavy (non-hydrogen) atoms. The van der Waals surface area contributed by atoms with Crippen LogP contribution in [0.3, 0.4) is 0 Å². The Labute approximate surface area is 211 Å². The number of carbonyl (C=O) groups excluding carboxylic acids is 1. The monoisotopic (exact) mass is 479 g/mol. The molecule has 0 bridgehead atoms. The summed E-state index contributed by atoms with van der Waals surface area (Å²) < 4.78 is 5.65. The van der Waals surface area contributed by atoms with Crippen molar-refractivity contribution >= 4 is 12.1 Å². The number of amides is 1. The molecule has 0 radical (unpaired) electrons. The highest BCUT2D eigenvalue weighted by Gasteiger charge is 2.29. The van der Waals surface area contributed by atoms with E-state index in [1.54, 1.807) is 0 Å². The third-order valence-corrected chi connectivity index (χ3v) is 7.15. The van der Waals surface area contributed by atoms with Gasteiger partial charge in [0.05, 0.1) is 12.5 Å². The number of carboxylic acid groups (broad SMARTS) is 1. The van der Waals surface area contributed by atoms with Crippen molar-refractivity contribution in [3.63, 3.8) is 0 Å². The number of hydrogen-bond donors (Lipinski definition) is 2. The number of alkyl carbamates (subject to hydrolysis) is 1. The second-order valence-electron chi connectivity index (χ2n) is 9.44. The lowest BCUT2D eigenvalue weighted by atomic mass is 9.84. The smallest absolute Gasteiger partial charge is 0.407 e. The van der Waals surface area contributed by atoms with Crippen LogP contribution < -0.4 is 5.32 Å². The van der Waals surface area contributed by atoms with E-state index in [2.05, 4.69) is 54.7 Å². The zero-order chi connectivity index (χ0) is 25.1. The highest BCUT2D eigenvalue weighted by molar-refractivity contribution is 5.79. The summed E-state index contributed by atoms with van der Waals surface area (Å²) in [4.78, 5) is 24.4. The Balaban J connectivity index is 1.28. The summed E-state index contributed by atoms with van der Waals surface area (Å²) in [6.07, 6.45) is 7.59. The van der Waals surface area contributed by atoms with Gasteiger partial charge in [0.25, 0.3) is 0 Å². The molecule has 2 aliphatic rings. The fourth-order valence-electron chi connectivity index (χ4n) is 5.29. The molecule has 3 aromatic carbocycles. The van der Waals surface area contributed by atoms with Gasteiger partial charge in [-0.1, -0.05) is 104 Å². The van der Waals surface area contributed by atoms with Crippen molar-refractivity contribution in [3.8, 4) is 11.1 Å². The molecular formula is C31H29NO4. The Hall–Kier alpha value is -4.12. The maximum Gasteiger partial charge on any atom is 0.407 e. The lowest BCUT2D eigenvalue weighted by Gasteiger charge is -2.22. The number of nitrogens with one attached hydrogen (secondary N) is 1. The molecule has 0 saturated heterocycles. The summed E-state index contributed by atoms with van der Waals surface area (Å²) >= 11 is 0. The van der Waals surface area contributed by atoms with Crippen molar-refractivity contribution in [1.82, 2.24) is 5.32 Å². The average molecular weight is 480 g/mol. The predicted molar refractivity (Wildman–Crippen MR) is 140 cm³/mol. The van der Waals surface area contributed by atoms with Gasteiger partial charge in [-0.15, -0.1) is 0 Å². The second-order valence-corrected chi connectivity index (χ2v) is 9.44. The van der Waals surface area contributed by atoms with Crippen molar-refractivity contribution in [2.45, 2.75) is 31.2 Å². The molecule has 0 spiro atoms. The van der Waals surface area contributed by atoms with Crippen LogP contribution in [0.5, 0.6) is 0 Å². The molecule has 3 aromatic rings. The average Bonchev–Trinajstić information content (AvgIpc) is 3.21. The number of ether oxygens (including phenoxy) is 1. The Kier molecular flexibility index (Phi) is 6.72. The van der Waals surface area contributed by atoms with Crippen LogP contribution in [0.4, 0.5) is 4.79 Å². The van der Waals surface area contributed by atoms with E-state index in [-0.39, 0.29) is 24.9 Å². The normalized spacial score (nSPS) is 18.8. The van der Waals surface area contributed by atoms with Gasteiger partial charge in [-0.3, -0.25) is 4.79 Å². The molecule has 0 aliphatic heterocycles. The van der Waals surface area contributed by atoms with E-state index in [9.17, 15) is 14.7 Å². The first-order valence-electron chi connectivity index (χ1n) is 12.3. The number of hydrogen-bond acceptors (Lipinski definition) is 3. The molecule has 3 atom stereocenters. The number of aliphatic carboxylic acids is 1. The van der Waals surface area contributed by atoms with Crippen LogP contribution in [-0.2, 0) is 9.53 Å². The van der Waals surface area contributed by atoms with Crippen LogP contribution in [0.1, 0.15) is 53.5 Å². The molecule has 182 valence electrons. The van der Waals surface area contributed by atoms with Gasteiger partial charge in [-0.05, 0) is 39.3 Å². The van der Waals surface area contributed by atoms with Gasteiger partial charge in [0.2, 0.25) is 0 Å². The highest BCUT2D eigenvalue weighted by Crippen LogP contribution is 2.44. The molecule has 5 nitrogen and oxygen atoms in total. The molecule has 3 unspecified atom stereocenters. The van der Waals surface area contributed by atoms with Gasteiger partial charge in [-0.25, -0.2) is 4.79 Å². The van der Waals surface area contributed by atoms with E-state index in [4.69, 9.17) is 4.74 Å². The van der Waals surface area contributed by atoms with E-state index < -0.39 is 18.1 Å². The number of benzene rings is 3. The number of fused-ring (bicyclic) bond motifs is 3. The van der Waals surface area contributed by atoms with Crippen LogP contribution in [0.2, 0.25) is 0 Å². The molecule has 0 saturated carbocycles. The Morgan fingerprint density at radius 1 is 0.889 bits per heavy atom. The summed E-state index contributed by atoms with van der Waals surface area (Å²) in [5.74, 6) is -0.386. The maximum absolute atomic E-state index is 12.8. The largest absolute Gasteiger partial charge is 0.481 e. The van der Waals surface area contributed by atoms with Gasteiger partial charge in [0.1, 0.15) is 6.61 Å². The van der Waals surface area contributed by atoms with E-state index in [0.29, 0.717) is 5.92 Å². The van der Waals surface area contributed by atoms with E-state index in [1.165, 1.54) is 0 Å². The van der Waals surface area contributed by atoms with Crippen LogP contribution in [0, 0.1) is 5.92 Å². The molecule has 0 heterocycles. The Morgan fingerprint density at radius 2 is 1.50 bits per heavy atom. The minimum Gasteiger partial charge on any atom is -0.481 e. The van der Waals surface area contributed by atoms with Crippen LogP contribution in [0.25, 0.3) is 11.1 Å². The molecule has 0 fully saturated rings. The van der Waals surface area contributed by atoms with Gasteiger partial charge in [0, 0.05) is 11.8 Å². The quantitative estimate of drug-likeness (QED) is 0.401. The topological polar surface area (TPSA) is 75.6 Å². The van der Waals surface area contributed by atoms with Crippen molar-refractivity contribution in [1.29, 1.82) is 0 Å². The van der Waals surface area contributed by atoms with Crippen molar-refractivity contribution in [2.24, 2.45) is 5.92 Å². The van der Waals surface area contributed by atoms with Crippen LogP contribution in [0.15, 0.2) is 97.1 Å². The zero-order valence-electron chi connectivity index (χ0n) is 20.1. The SMILES string of the molecule is CC1C=CC=CC1c1ccc(C(CC(=O)O)NC(=O)OCC2c3ccccc3-c3ccccc32)cc1. The number of carboxylic acids is 1. The number of allylic oxidation sites excluding steroid dienone is 4. The first-order chi connectivity index (χ1) is 17.5. The second kappa shape index (κ2) is 10.2. The maximum atomic E-state index is 12.8. The highest BCUT2D eigenvalue weighted by atomic mass is 16.5. The minimum atomic E-state index is -0.989. The third-order valence-electron chi connectivity index (χ3n) is 7.15. The van der Waals surface area contributed by atoms with Crippen LogP contribution >= 0.6 is 0 Å². The van der Waals surface area contributed by atoms with Gasteiger partial charge >= 0.3 is 12.1 Å². The summed E-state index contributed by atoms with van der Waals surface area (Å²) in [6, 6.07) is 23.4. The van der Waals surface area contributed by atoms with Gasteiger partial charge in [-0.2, -0.15) is 0 Å². The number of carbonyl (C=O) groups is 2. The van der Waals surface area contributed by atoms with Crippen molar-refractivity contribution in [2.75, 3.05) is 6.61 Å². The summed E-state index contributed by atoms with van der Waals surface area (Å²) in [5.41, 5.74) is 6.46. The fourth-order valence-corrected chi connectivity index (χ4v) is 5.29. The zero-order valence-corrected chi connectivity index (χ0v) is 20.1. The van der Waals surface area contributed by atoms with Crippen molar-refractivity contribution < 1.29 is 19.4 Å². The first-order valence-corrected chi connectivity index (χ1v) is 12.3. The predicted octanol–water partition coefficient (Wildman–Crippen LogP) is 6.59. The molecular weight excluding hydrogens is 450 g/mol.